The molecule has 0 bridgehead atoms. The number of hydrogen-bond acceptors (Lipinski definition) is 7. The van der Waals surface area contributed by atoms with E-state index in [-0.39, 0.29) is 12.2 Å². The van der Waals surface area contributed by atoms with Gasteiger partial charge in [-0.3, -0.25) is 0 Å². The van der Waals surface area contributed by atoms with Crippen LogP contribution in [0.1, 0.15) is 55.7 Å². The van der Waals surface area contributed by atoms with Gasteiger partial charge in [0.05, 0.1) is 12.6 Å². The molecule has 0 aromatic carbocycles. The Labute approximate surface area is 134 Å². The second-order valence-electron chi connectivity index (χ2n) is 6.57. The first-order valence-electron chi connectivity index (χ1n) is 8.21. The van der Waals surface area contributed by atoms with Crippen molar-refractivity contribution in [2.24, 2.45) is 7.05 Å². The van der Waals surface area contributed by atoms with Crippen LogP contribution >= 0.6 is 0 Å². The third-order valence-electron chi connectivity index (χ3n) is 4.72. The highest BCUT2D eigenvalue weighted by atomic mass is 16.5. The molecule has 124 valence electrons. The minimum absolute atomic E-state index is 0.0600. The Morgan fingerprint density at radius 3 is 2.65 bits per heavy atom. The Morgan fingerprint density at radius 2 is 2.00 bits per heavy atom. The van der Waals surface area contributed by atoms with Crippen LogP contribution in [-0.2, 0) is 11.8 Å². The van der Waals surface area contributed by atoms with Gasteiger partial charge in [-0.15, -0.1) is 10.2 Å². The lowest BCUT2D eigenvalue weighted by Gasteiger charge is -2.35. The van der Waals surface area contributed by atoms with Gasteiger partial charge in [0.1, 0.15) is 5.82 Å². The Hall–Kier alpha value is -1.96. The second kappa shape index (κ2) is 5.59. The van der Waals surface area contributed by atoms with Crippen molar-refractivity contribution in [2.75, 3.05) is 18.0 Å². The van der Waals surface area contributed by atoms with Gasteiger partial charge in [0.25, 0.3) is 5.89 Å². The van der Waals surface area contributed by atoms with E-state index in [1.807, 2.05) is 13.8 Å². The highest BCUT2D eigenvalue weighted by Gasteiger charge is 2.33. The summed E-state index contributed by atoms with van der Waals surface area (Å²) in [6.07, 6.45) is 3.55. The first kappa shape index (κ1) is 14.6. The molecule has 0 spiro atoms. The zero-order chi connectivity index (χ0) is 16.0. The van der Waals surface area contributed by atoms with Gasteiger partial charge in [-0.2, -0.15) is 4.98 Å². The van der Waals surface area contributed by atoms with E-state index < -0.39 is 0 Å². The predicted molar refractivity (Wildman–Crippen MR) is 82.1 cm³/mol. The van der Waals surface area contributed by atoms with E-state index in [9.17, 15) is 0 Å². The van der Waals surface area contributed by atoms with Gasteiger partial charge >= 0.3 is 0 Å². The number of rotatable bonds is 3. The largest absolute Gasteiger partial charge is 0.362 e. The Kier molecular flexibility index (Phi) is 3.56. The maximum absolute atomic E-state index is 5.97. The second-order valence-corrected chi connectivity index (χ2v) is 6.57. The van der Waals surface area contributed by atoms with Gasteiger partial charge in [0, 0.05) is 19.5 Å². The molecule has 2 atom stereocenters. The highest BCUT2D eigenvalue weighted by Crippen LogP contribution is 2.36. The quantitative estimate of drug-likeness (QED) is 0.852. The smallest absolute Gasteiger partial charge is 0.257 e. The molecule has 8 nitrogen and oxygen atoms in total. The summed E-state index contributed by atoms with van der Waals surface area (Å²) in [5.41, 5.74) is 0. The fourth-order valence-corrected chi connectivity index (χ4v) is 3.32. The van der Waals surface area contributed by atoms with Gasteiger partial charge in [-0.25, -0.2) is 0 Å². The zero-order valence-electron chi connectivity index (χ0n) is 13.8. The van der Waals surface area contributed by atoms with Crippen molar-refractivity contribution in [1.29, 1.82) is 0 Å². The van der Waals surface area contributed by atoms with E-state index in [4.69, 9.17) is 9.26 Å². The number of aryl methyl sites for hydroxylation is 1. The average molecular weight is 318 g/mol. The topological polar surface area (TPSA) is 82.1 Å². The number of nitrogens with zero attached hydrogens (tertiary/aromatic N) is 6. The number of anilines is 1. The summed E-state index contributed by atoms with van der Waals surface area (Å²) >= 11 is 0. The Balaban J connectivity index is 1.57. The van der Waals surface area contributed by atoms with Crippen LogP contribution in [0, 0.1) is 6.92 Å². The minimum atomic E-state index is -0.233. The van der Waals surface area contributed by atoms with Crippen molar-refractivity contribution < 1.29 is 9.26 Å². The lowest BCUT2D eigenvalue weighted by Crippen LogP contribution is -2.44. The van der Waals surface area contributed by atoms with Crippen molar-refractivity contribution in [1.82, 2.24) is 24.9 Å². The van der Waals surface area contributed by atoms with Crippen LogP contribution < -0.4 is 4.90 Å². The molecule has 2 aromatic rings. The summed E-state index contributed by atoms with van der Waals surface area (Å²) < 4.78 is 13.4. The van der Waals surface area contributed by atoms with Gasteiger partial charge in [-0.1, -0.05) is 11.6 Å². The molecular formula is C15H22N6O2. The van der Waals surface area contributed by atoms with Crippen molar-refractivity contribution >= 4 is 5.95 Å². The molecule has 2 aromatic heterocycles. The molecule has 1 aliphatic heterocycles. The molecule has 1 aliphatic carbocycles. The molecule has 4 rings (SSSR count). The van der Waals surface area contributed by atoms with Gasteiger partial charge < -0.3 is 18.7 Å². The van der Waals surface area contributed by atoms with E-state index >= 15 is 0 Å². The van der Waals surface area contributed by atoms with Gasteiger partial charge in [-0.05, 0) is 26.7 Å². The average Bonchev–Trinajstić information content (AvgIpc) is 3.04. The van der Waals surface area contributed by atoms with E-state index in [2.05, 4.69) is 36.9 Å². The summed E-state index contributed by atoms with van der Waals surface area (Å²) in [5.74, 6) is 3.70. The first-order valence-corrected chi connectivity index (χ1v) is 8.21. The number of ether oxygens (including phenoxy) is 1. The highest BCUT2D eigenvalue weighted by molar-refractivity contribution is 5.33. The van der Waals surface area contributed by atoms with E-state index in [1.54, 1.807) is 0 Å². The lowest BCUT2D eigenvalue weighted by atomic mass is 9.85. The van der Waals surface area contributed by atoms with Crippen molar-refractivity contribution in [3.8, 4) is 0 Å². The van der Waals surface area contributed by atoms with Crippen LogP contribution in [0.3, 0.4) is 0 Å². The maximum atomic E-state index is 5.97. The molecule has 0 amide bonds. The molecule has 0 radical (unpaired) electrons. The molecule has 1 saturated carbocycles. The van der Waals surface area contributed by atoms with E-state index in [0.717, 1.165) is 18.3 Å². The van der Waals surface area contributed by atoms with Crippen LogP contribution in [0.5, 0.6) is 0 Å². The van der Waals surface area contributed by atoms with Gasteiger partial charge in [0.15, 0.2) is 11.9 Å². The fraction of sp³-hybridized carbons (Fsp3) is 0.733. The van der Waals surface area contributed by atoms with E-state index in [0.29, 0.717) is 24.2 Å². The summed E-state index contributed by atoms with van der Waals surface area (Å²) in [4.78, 5) is 6.50. The summed E-state index contributed by atoms with van der Waals surface area (Å²) in [6, 6.07) is 0. The molecular weight excluding hydrogens is 296 g/mol. The zero-order valence-corrected chi connectivity index (χ0v) is 13.8. The fourth-order valence-electron chi connectivity index (χ4n) is 3.32. The minimum Gasteiger partial charge on any atom is -0.362 e. The molecule has 8 heteroatoms. The summed E-state index contributed by atoms with van der Waals surface area (Å²) in [6.45, 7) is 5.28. The van der Waals surface area contributed by atoms with Crippen molar-refractivity contribution in [2.45, 2.75) is 51.2 Å². The van der Waals surface area contributed by atoms with Crippen LogP contribution in [0.2, 0.25) is 0 Å². The first-order chi connectivity index (χ1) is 11.1. The van der Waals surface area contributed by atoms with Crippen LogP contribution in [0.4, 0.5) is 5.95 Å². The molecule has 23 heavy (non-hydrogen) atoms. The Bertz CT molecular complexity index is 692. The standard InChI is InChI=1S/C15H22N6O2/c1-9-7-21(8-12(22-9)14-16-10(2)19-23-14)15-18-17-13(20(15)3)11-5-4-6-11/h9,11-12H,4-8H2,1-3H3/t9-,12-/m1/s1. The van der Waals surface area contributed by atoms with Crippen molar-refractivity contribution in [3.63, 3.8) is 0 Å². The van der Waals surface area contributed by atoms with E-state index in [1.165, 1.54) is 19.3 Å². The molecule has 0 N–H and O–H groups in total. The molecule has 1 saturated heterocycles. The lowest BCUT2D eigenvalue weighted by molar-refractivity contribution is -0.0337. The molecule has 2 aliphatic rings. The van der Waals surface area contributed by atoms with Gasteiger partial charge in [0.2, 0.25) is 5.95 Å². The number of hydrogen-bond donors (Lipinski definition) is 0. The monoisotopic (exact) mass is 318 g/mol. The normalized spacial score (nSPS) is 25.6. The van der Waals surface area contributed by atoms with Crippen LogP contribution in [0.25, 0.3) is 0 Å². The van der Waals surface area contributed by atoms with Crippen molar-refractivity contribution in [3.05, 3.63) is 17.5 Å². The number of aromatic nitrogens is 5. The maximum Gasteiger partial charge on any atom is 0.257 e. The number of morpholine rings is 1. The summed E-state index contributed by atoms with van der Waals surface area (Å²) in [5, 5.41) is 12.7. The molecule has 2 fully saturated rings. The summed E-state index contributed by atoms with van der Waals surface area (Å²) in [7, 11) is 2.05. The molecule has 3 heterocycles. The molecule has 0 unspecified atom stereocenters. The SMILES string of the molecule is Cc1noc([C@H]2CN(c3nnc(C4CCC4)n3C)C[C@@H](C)O2)n1. The van der Waals surface area contributed by atoms with Crippen LogP contribution in [-0.4, -0.2) is 44.1 Å². The Morgan fingerprint density at radius 1 is 1.17 bits per heavy atom. The third-order valence-corrected chi connectivity index (χ3v) is 4.72. The van der Waals surface area contributed by atoms with Crippen LogP contribution in [0.15, 0.2) is 4.52 Å². The predicted octanol–water partition coefficient (Wildman–Crippen LogP) is 1.74. The third kappa shape index (κ3) is 2.60.